The molecule has 130 valence electrons. The van der Waals surface area contributed by atoms with Gasteiger partial charge in [-0.05, 0) is 6.07 Å². The molecular weight excluding hydrogens is 334 g/mol. The molecule has 0 unspecified atom stereocenters. The lowest BCUT2D eigenvalue weighted by Crippen LogP contribution is -2.40. The Hall–Kier alpha value is -2.17. The Balaban J connectivity index is 1.82. The quantitative estimate of drug-likeness (QED) is 0.836. The van der Waals surface area contributed by atoms with E-state index in [0.717, 1.165) is 0 Å². The van der Waals surface area contributed by atoms with Gasteiger partial charge in [-0.15, -0.1) is 0 Å². The van der Waals surface area contributed by atoms with Gasteiger partial charge in [0, 0.05) is 45.6 Å². The fraction of sp³-hybridized carbons (Fsp3) is 0.429. The van der Waals surface area contributed by atoms with Crippen molar-refractivity contribution in [2.75, 3.05) is 31.6 Å². The molecule has 0 aromatic carbocycles. The lowest BCUT2D eigenvalue weighted by molar-refractivity contribution is 0.0730. The minimum Gasteiger partial charge on any atom is -0.379 e. The molecule has 1 aliphatic heterocycles. The van der Waals surface area contributed by atoms with Gasteiger partial charge in [-0.25, -0.2) is 8.42 Å². The van der Waals surface area contributed by atoms with Crippen LogP contribution >= 0.6 is 0 Å². The highest BCUT2D eigenvalue weighted by atomic mass is 32.2. The van der Waals surface area contributed by atoms with Crippen LogP contribution in [-0.2, 0) is 28.9 Å². The number of carbonyl (C=O) groups excluding carboxylic acids is 1. The Morgan fingerprint density at radius 2 is 2.00 bits per heavy atom. The highest BCUT2D eigenvalue weighted by molar-refractivity contribution is 7.89. The molecule has 0 aliphatic carbocycles. The summed E-state index contributed by atoms with van der Waals surface area (Å²) in [6.07, 6.45) is 3.15. The summed E-state index contributed by atoms with van der Waals surface area (Å²) < 4.78 is 34.9. The van der Waals surface area contributed by atoms with Crippen LogP contribution in [0.5, 0.6) is 0 Å². The van der Waals surface area contributed by atoms with E-state index in [0.29, 0.717) is 32.1 Å². The number of morpholine rings is 1. The topological polar surface area (TPSA) is 98.5 Å². The number of amides is 1. The number of aryl methyl sites for hydroxylation is 2. The third kappa shape index (κ3) is 3.21. The van der Waals surface area contributed by atoms with Crippen LogP contribution in [0.15, 0.2) is 29.4 Å². The third-order valence-electron chi connectivity index (χ3n) is 3.78. The van der Waals surface area contributed by atoms with Gasteiger partial charge in [-0.2, -0.15) is 9.40 Å². The summed E-state index contributed by atoms with van der Waals surface area (Å²) >= 11 is 0. The number of nitrogens with zero attached hydrogens (tertiary/aromatic N) is 4. The van der Waals surface area contributed by atoms with Crippen LogP contribution < -0.4 is 5.32 Å². The van der Waals surface area contributed by atoms with Crippen molar-refractivity contribution in [1.82, 2.24) is 18.7 Å². The van der Waals surface area contributed by atoms with E-state index < -0.39 is 15.9 Å². The summed E-state index contributed by atoms with van der Waals surface area (Å²) in [7, 11) is -0.261. The molecule has 24 heavy (non-hydrogen) atoms. The van der Waals surface area contributed by atoms with E-state index in [2.05, 4.69) is 10.4 Å². The molecule has 1 saturated heterocycles. The number of rotatable bonds is 4. The monoisotopic (exact) mass is 353 g/mol. The van der Waals surface area contributed by atoms with Gasteiger partial charge in [0.25, 0.3) is 5.91 Å². The normalized spacial score (nSPS) is 16.2. The standard InChI is InChI=1S/C14H19N5O4S/c1-17-10-11(24(21,22)19-5-7-23-8-6-19)9-12(17)14(20)15-13-3-4-18(2)16-13/h3-4,9-10H,5-8H2,1-2H3,(H,15,16,20). The highest BCUT2D eigenvalue weighted by Crippen LogP contribution is 2.20. The largest absolute Gasteiger partial charge is 0.379 e. The van der Waals surface area contributed by atoms with Crippen LogP contribution in [-0.4, -0.2) is 59.3 Å². The number of aromatic nitrogens is 3. The summed E-state index contributed by atoms with van der Waals surface area (Å²) in [4.78, 5) is 12.4. The minimum absolute atomic E-state index is 0.0954. The molecule has 1 aliphatic rings. The second-order valence-corrected chi connectivity index (χ2v) is 7.46. The molecule has 0 radical (unpaired) electrons. The molecule has 2 aromatic heterocycles. The van der Waals surface area contributed by atoms with Crippen molar-refractivity contribution in [1.29, 1.82) is 0 Å². The van der Waals surface area contributed by atoms with Crippen LogP contribution in [0, 0.1) is 0 Å². The molecule has 10 heteroatoms. The first-order valence-corrected chi connectivity index (χ1v) is 8.87. The summed E-state index contributed by atoms with van der Waals surface area (Å²) in [6, 6.07) is 3.04. The van der Waals surface area contributed by atoms with Gasteiger partial charge in [-0.3, -0.25) is 9.48 Å². The average molecular weight is 353 g/mol. The van der Waals surface area contributed by atoms with Gasteiger partial charge in [0.1, 0.15) is 10.6 Å². The smallest absolute Gasteiger partial charge is 0.273 e. The van der Waals surface area contributed by atoms with Crippen molar-refractivity contribution < 1.29 is 17.9 Å². The maximum absolute atomic E-state index is 12.6. The first kappa shape index (κ1) is 16.7. The van der Waals surface area contributed by atoms with Crippen LogP contribution in [0.3, 0.4) is 0 Å². The van der Waals surface area contributed by atoms with Gasteiger partial charge < -0.3 is 14.6 Å². The molecule has 3 rings (SSSR count). The predicted octanol–water partition coefficient (Wildman–Crippen LogP) is 0.0318. The zero-order valence-corrected chi connectivity index (χ0v) is 14.3. The van der Waals surface area contributed by atoms with Crippen LogP contribution in [0.25, 0.3) is 0 Å². The Bertz CT molecular complexity index is 848. The molecule has 9 nitrogen and oxygen atoms in total. The number of hydrogen-bond acceptors (Lipinski definition) is 5. The van der Waals surface area contributed by atoms with E-state index in [1.165, 1.54) is 21.1 Å². The lowest BCUT2D eigenvalue weighted by Gasteiger charge is -2.25. The van der Waals surface area contributed by atoms with Crippen molar-refractivity contribution in [3.8, 4) is 0 Å². The maximum atomic E-state index is 12.6. The van der Waals surface area contributed by atoms with Crippen molar-refractivity contribution in [3.63, 3.8) is 0 Å². The van der Waals surface area contributed by atoms with Crippen molar-refractivity contribution >= 4 is 21.7 Å². The average Bonchev–Trinajstić information content (AvgIpc) is 3.14. The zero-order chi connectivity index (χ0) is 17.3. The van der Waals surface area contributed by atoms with Crippen molar-refractivity contribution in [2.24, 2.45) is 14.1 Å². The van der Waals surface area contributed by atoms with Crippen molar-refractivity contribution in [3.05, 3.63) is 30.2 Å². The van der Waals surface area contributed by atoms with Gasteiger partial charge in [0.2, 0.25) is 10.0 Å². The SMILES string of the molecule is Cn1ccc(NC(=O)c2cc(S(=O)(=O)N3CCOCC3)cn2C)n1. The number of nitrogens with one attached hydrogen (secondary N) is 1. The summed E-state index contributed by atoms with van der Waals surface area (Å²) in [6.45, 7) is 1.37. The molecule has 0 atom stereocenters. The Labute approximate surface area is 139 Å². The number of sulfonamides is 1. The highest BCUT2D eigenvalue weighted by Gasteiger charge is 2.28. The Kier molecular flexibility index (Phi) is 4.43. The molecule has 0 bridgehead atoms. The van der Waals surface area contributed by atoms with Gasteiger partial charge in [-0.1, -0.05) is 0 Å². The molecule has 1 fully saturated rings. The molecule has 1 amide bonds. The van der Waals surface area contributed by atoms with E-state index in [-0.39, 0.29) is 10.6 Å². The number of hydrogen-bond donors (Lipinski definition) is 1. The zero-order valence-electron chi connectivity index (χ0n) is 13.5. The van der Waals surface area contributed by atoms with Crippen LogP contribution in [0.2, 0.25) is 0 Å². The Morgan fingerprint density at radius 3 is 2.62 bits per heavy atom. The fourth-order valence-corrected chi connectivity index (χ4v) is 3.98. The first-order chi connectivity index (χ1) is 11.4. The molecule has 0 spiro atoms. The van der Waals surface area contributed by atoms with E-state index in [1.807, 2.05) is 0 Å². The van der Waals surface area contributed by atoms with Crippen LogP contribution in [0.1, 0.15) is 10.5 Å². The summed E-state index contributed by atoms with van der Waals surface area (Å²) in [5.41, 5.74) is 0.243. The van der Waals surface area contributed by atoms with Gasteiger partial charge in [0.15, 0.2) is 5.82 Å². The molecule has 2 aromatic rings. The molecule has 1 N–H and O–H groups in total. The number of carbonyl (C=O) groups is 1. The second-order valence-electron chi connectivity index (χ2n) is 5.52. The molecular formula is C14H19N5O4S. The minimum atomic E-state index is -3.63. The second kappa shape index (κ2) is 6.38. The van der Waals surface area contributed by atoms with Gasteiger partial charge >= 0.3 is 0 Å². The Morgan fingerprint density at radius 1 is 1.29 bits per heavy atom. The first-order valence-electron chi connectivity index (χ1n) is 7.43. The predicted molar refractivity (Wildman–Crippen MR) is 86.2 cm³/mol. The number of ether oxygens (including phenoxy) is 1. The number of anilines is 1. The third-order valence-corrected chi connectivity index (χ3v) is 5.64. The van der Waals surface area contributed by atoms with E-state index >= 15 is 0 Å². The molecule has 0 saturated carbocycles. The van der Waals surface area contributed by atoms with E-state index in [4.69, 9.17) is 4.74 Å². The van der Waals surface area contributed by atoms with Crippen LogP contribution in [0.4, 0.5) is 5.82 Å². The van der Waals surface area contributed by atoms with Crippen molar-refractivity contribution in [2.45, 2.75) is 4.90 Å². The molecule has 3 heterocycles. The fourth-order valence-electron chi connectivity index (χ4n) is 2.50. The van der Waals surface area contributed by atoms with E-state index in [9.17, 15) is 13.2 Å². The summed E-state index contributed by atoms with van der Waals surface area (Å²) in [5, 5.41) is 6.71. The van der Waals surface area contributed by atoms with E-state index in [1.54, 1.807) is 31.0 Å². The maximum Gasteiger partial charge on any atom is 0.273 e. The lowest BCUT2D eigenvalue weighted by atomic mass is 10.4. The van der Waals surface area contributed by atoms with Gasteiger partial charge in [0.05, 0.1) is 13.2 Å². The summed E-state index contributed by atoms with van der Waals surface area (Å²) in [5.74, 6) is -0.0130.